The van der Waals surface area contributed by atoms with Crippen LogP contribution < -0.4 is 10.6 Å². The smallest absolute Gasteiger partial charge is 0.407 e. The predicted octanol–water partition coefficient (Wildman–Crippen LogP) is 4.58. The molecule has 0 spiro atoms. The van der Waals surface area contributed by atoms with Gasteiger partial charge in [-0.1, -0.05) is 51.1 Å². The predicted molar refractivity (Wildman–Crippen MR) is 118 cm³/mol. The van der Waals surface area contributed by atoms with Gasteiger partial charge in [0, 0.05) is 24.4 Å². The highest BCUT2D eigenvalue weighted by Crippen LogP contribution is 2.28. The average molecular weight is 415 g/mol. The van der Waals surface area contributed by atoms with E-state index in [1.165, 1.54) is 0 Å². The van der Waals surface area contributed by atoms with Crippen molar-refractivity contribution in [3.63, 3.8) is 0 Å². The maximum Gasteiger partial charge on any atom is 0.407 e. The van der Waals surface area contributed by atoms with E-state index in [9.17, 15) is 9.59 Å². The van der Waals surface area contributed by atoms with Crippen LogP contribution in [0.3, 0.4) is 0 Å². The quantitative estimate of drug-likeness (QED) is 0.650. The lowest BCUT2D eigenvalue weighted by Crippen LogP contribution is -2.28. The minimum absolute atomic E-state index is 0.111. The van der Waals surface area contributed by atoms with Gasteiger partial charge in [-0.2, -0.15) is 5.10 Å². The molecule has 2 amide bonds. The number of rotatable bonds is 7. The van der Waals surface area contributed by atoms with E-state index in [2.05, 4.69) is 31.4 Å². The Morgan fingerprint density at radius 2 is 1.73 bits per heavy atom. The van der Waals surface area contributed by atoms with Gasteiger partial charge in [-0.05, 0) is 32.8 Å². The first-order chi connectivity index (χ1) is 14.0. The minimum Gasteiger partial charge on any atom is -0.445 e. The average Bonchev–Trinajstić information content (AvgIpc) is 3.09. The third kappa shape index (κ3) is 7.21. The number of nitrogens with zero attached hydrogens (tertiary/aromatic N) is 2. The molecule has 7 nitrogen and oxygen atoms in total. The molecule has 30 heavy (non-hydrogen) atoms. The van der Waals surface area contributed by atoms with Crippen LogP contribution in [0.5, 0.6) is 0 Å². The maximum atomic E-state index is 12.4. The summed E-state index contributed by atoms with van der Waals surface area (Å²) in [6.45, 7) is 13.0. The van der Waals surface area contributed by atoms with Gasteiger partial charge >= 0.3 is 6.09 Å². The fourth-order valence-electron chi connectivity index (χ4n) is 2.77. The van der Waals surface area contributed by atoms with Crippen molar-refractivity contribution >= 4 is 17.8 Å². The lowest BCUT2D eigenvalue weighted by molar-refractivity contribution is -0.116. The molecule has 2 aromatic rings. The highest BCUT2D eigenvalue weighted by molar-refractivity contribution is 5.90. The van der Waals surface area contributed by atoms with E-state index in [1.807, 2.05) is 61.9 Å². The van der Waals surface area contributed by atoms with Crippen molar-refractivity contribution in [1.82, 2.24) is 15.1 Å². The minimum atomic E-state index is -0.486. The van der Waals surface area contributed by atoms with Crippen molar-refractivity contribution in [3.05, 3.63) is 47.7 Å². The van der Waals surface area contributed by atoms with Crippen molar-refractivity contribution in [3.8, 4) is 0 Å². The van der Waals surface area contributed by atoms with Gasteiger partial charge < -0.3 is 15.4 Å². The molecular formula is C23H34N4O3. The summed E-state index contributed by atoms with van der Waals surface area (Å²) in [5.41, 5.74) is 1.49. The van der Waals surface area contributed by atoms with Gasteiger partial charge in [0.2, 0.25) is 5.91 Å². The molecule has 0 atom stereocenters. The van der Waals surface area contributed by atoms with Gasteiger partial charge in [0.25, 0.3) is 0 Å². The lowest BCUT2D eigenvalue weighted by atomic mass is 9.92. The van der Waals surface area contributed by atoms with Crippen LogP contribution in [0.15, 0.2) is 36.4 Å². The molecule has 0 bridgehead atoms. The Balaban J connectivity index is 1.79. The van der Waals surface area contributed by atoms with Gasteiger partial charge in [0.05, 0.1) is 11.2 Å². The van der Waals surface area contributed by atoms with Gasteiger partial charge in [0.15, 0.2) is 0 Å². The Hall–Kier alpha value is -2.83. The molecule has 0 aliphatic heterocycles. The summed E-state index contributed by atoms with van der Waals surface area (Å²) in [4.78, 5) is 24.2. The number of ether oxygens (including phenoxy) is 1. The third-order valence-corrected chi connectivity index (χ3v) is 4.44. The fourth-order valence-corrected chi connectivity index (χ4v) is 2.77. The highest BCUT2D eigenvalue weighted by atomic mass is 16.5. The molecular weight excluding hydrogens is 380 g/mol. The first-order valence-electron chi connectivity index (χ1n) is 10.3. The summed E-state index contributed by atoms with van der Waals surface area (Å²) in [6, 6.07) is 11.4. The van der Waals surface area contributed by atoms with Crippen LogP contribution in [0.1, 0.15) is 65.6 Å². The lowest BCUT2D eigenvalue weighted by Gasteiger charge is -2.23. The number of alkyl carbamates (subject to hydrolysis) is 1. The number of amides is 2. The topological polar surface area (TPSA) is 85.3 Å². The van der Waals surface area contributed by atoms with E-state index in [0.717, 1.165) is 11.3 Å². The molecule has 0 aliphatic carbocycles. The molecule has 0 aliphatic rings. The maximum absolute atomic E-state index is 12.4. The van der Waals surface area contributed by atoms with Crippen molar-refractivity contribution in [2.75, 3.05) is 11.9 Å². The zero-order valence-corrected chi connectivity index (χ0v) is 18.9. The number of aromatic nitrogens is 2. The van der Waals surface area contributed by atoms with Crippen LogP contribution in [-0.4, -0.2) is 28.3 Å². The molecule has 0 saturated heterocycles. The number of hydrogen-bond donors (Lipinski definition) is 2. The normalized spacial score (nSPS) is 11.8. The summed E-state index contributed by atoms with van der Waals surface area (Å²) in [7, 11) is 0. The van der Waals surface area contributed by atoms with Crippen LogP contribution in [-0.2, 0) is 27.1 Å². The Morgan fingerprint density at radius 3 is 2.33 bits per heavy atom. The first kappa shape index (κ1) is 23.4. The largest absolute Gasteiger partial charge is 0.445 e. The second-order valence-corrected chi connectivity index (χ2v) is 9.39. The summed E-state index contributed by atoms with van der Waals surface area (Å²) in [6.07, 6.45) is 0.321. The second kappa shape index (κ2) is 9.78. The van der Waals surface area contributed by atoms with E-state index >= 15 is 0 Å². The zero-order valence-electron chi connectivity index (χ0n) is 18.9. The number of anilines is 1. The van der Waals surface area contributed by atoms with Crippen molar-refractivity contribution in [1.29, 1.82) is 0 Å². The van der Waals surface area contributed by atoms with E-state index < -0.39 is 6.09 Å². The third-order valence-electron chi connectivity index (χ3n) is 4.44. The second-order valence-electron chi connectivity index (χ2n) is 9.39. The molecule has 0 fully saturated rings. The monoisotopic (exact) mass is 414 g/mol. The molecule has 1 aromatic heterocycles. The van der Waals surface area contributed by atoms with E-state index in [1.54, 1.807) is 0 Å². The van der Waals surface area contributed by atoms with Crippen molar-refractivity contribution in [2.45, 2.75) is 71.9 Å². The molecule has 7 heteroatoms. The van der Waals surface area contributed by atoms with E-state index in [0.29, 0.717) is 25.2 Å². The molecule has 0 radical (unpaired) electrons. The molecule has 2 rings (SSSR count). The zero-order chi connectivity index (χ0) is 22.4. The summed E-state index contributed by atoms with van der Waals surface area (Å²) in [5.74, 6) is 0.577. The Kier molecular flexibility index (Phi) is 7.65. The SMILES string of the molecule is CC(C)(C)c1cc(NC(=O)CCCNC(=O)OCc2ccccc2)n(C(C)(C)C)n1. The molecule has 164 valence electrons. The van der Waals surface area contributed by atoms with Crippen LogP contribution >= 0.6 is 0 Å². The molecule has 1 heterocycles. The van der Waals surface area contributed by atoms with Crippen molar-refractivity contribution < 1.29 is 14.3 Å². The number of nitrogens with one attached hydrogen (secondary N) is 2. The standard InChI is InChI=1S/C23H34N4O3/c1-22(2,3)18-15-19(27(26-18)23(4,5)6)25-20(28)13-10-14-24-21(29)30-16-17-11-8-7-9-12-17/h7-9,11-12,15H,10,13-14,16H2,1-6H3,(H,24,29)(H,25,28). The molecule has 0 saturated carbocycles. The van der Waals surface area contributed by atoms with Crippen LogP contribution in [0, 0.1) is 0 Å². The van der Waals surface area contributed by atoms with Crippen LogP contribution in [0.4, 0.5) is 10.6 Å². The Morgan fingerprint density at radius 1 is 1.07 bits per heavy atom. The summed E-state index contributed by atoms with van der Waals surface area (Å²) < 4.78 is 7.01. The number of carbonyl (C=O) groups is 2. The molecule has 1 aromatic carbocycles. The molecule has 2 N–H and O–H groups in total. The Bertz CT molecular complexity index is 846. The number of carbonyl (C=O) groups excluding carboxylic acids is 2. The first-order valence-corrected chi connectivity index (χ1v) is 10.3. The Labute approximate surface area is 179 Å². The molecule has 0 unspecified atom stereocenters. The van der Waals surface area contributed by atoms with Gasteiger partial charge in [-0.3, -0.25) is 4.79 Å². The van der Waals surface area contributed by atoms with E-state index in [-0.39, 0.29) is 23.5 Å². The number of benzene rings is 1. The summed E-state index contributed by atoms with van der Waals surface area (Å²) >= 11 is 0. The van der Waals surface area contributed by atoms with Gasteiger partial charge in [0.1, 0.15) is 12.4 Å². The van der Waals surface area contributed by atoms with E-state index in [4.69, 9.17) is 9.84 Å². The van der Waals surface area contributed by atoms with Crippen LogP contribution in [0.25, 0.3) is 0 Å². The van der Waals surface area contributed by atoms with Gasteiger partial charge in [-0.15, -0.1) is 0 Å². The van der Waals surface area contributed by atoms with Crippen molar-refractivity contribution in [2.24, 2.45) is 0 Å². The van der Waals surface area contributed by atoms with Gasteiger partial charge in [-0.25, -0.2) is 9.48 Å². The fraction of sp³-hybridized carbons (Fsp3) is 0.522. The highest BCUT2D eigenvalue weighted by Gasteiger charge is 2.25. The number of hydrogen-bond acceptors (Lipinski definition) is 4. The van der Waals surface area contributed by atoms with Crippen LogP contribution in [0.2, 0.25) is 0 Å². The summed E-state index contributed by atoms with van der Waals surface area (Å²) in [5, 5.41) is 10.3.